The van der Waals surface area contributed by atoms with E-state index in [1.807, 2.05) is 35.2 Å². The lowest BCUT2D eigenvalue weighted by molar-refractivity contribution is -0.145. The Morgan fingerprint density at radius 3 is 2.56 bits per heavy atom. The number of benzene rings is 1. The van der Waals surface area contributed by atoms with Gasteiger partial charge in [0.05, 0.1) is 16.6 Å². The van der Waals surface area contributed by atoms with Crippen LogP contribution in [0.15, 0.2) is 55.6 Å². The van der Waals surface area contributed by atoms with Crippen molar-refractivity contribution in [3.8, 4) is 0 Å². The number of aliphatic hydroxyl groups excluding tert-OH is 1. The smallest absolute Gasteiger partial charge is 0.247 e. The van der Waals surface area contributed by atoms with Gasteiger partial charge in [-0.15, -0.1) is 24.9 Å². The van der Waals surface area contributed by atoms with Gasteiger partial charge in [0.15, 0.2) is 0 Å². The number of hydrogen-bond acceptors (Lipinski definition) is 5. The van der Waals surface area contributed by atoms with Gasteiger partial charge in [-0.05, 0) is 38.2 Å². The van der Waals surface area contributed by atoms with E-state index in [9.17, 15) is 19.5 Å². The van der Waals surface area contributed by atoms with E-state index in [-0.39, 0.29) is 35.6 Å². The summed E-state index contributed by atoms with van der Waals surface area (Å²) in [4.78, 5) is 48.1. The van der Waals surface area contributed by atoms with Gasteiger partial charge in [-0.2, -0.15) is 0 Å². The lowest BCUT2D eigenvalue weighted by Gasteiger charge is -2.39. The van der Waals surface area contributed by atoms with Crippen LogP contribution in [-0.2, 0) is 20.9 Å². The number of carbonyl (C=O) groups excluding carboxylic acids is 3. The standard InChI is InChI=1S/C31H43N3O4S/c1-5-12-22(4)33(18-7-3)30(38)27-31-16-15-24(39-31)25(26(31)29(37)34(27)19-11-20-35)28(36)32(17-6-2)21-23-13-9-8-10-14-23/h6-10,13-14,22,24-27,35H,2-3,5,11-12,15-21H2,1,4H3/t22?,24-,25+,26-,27?,31?/m0/s1. The number of fused-ring (bicyclic) bond motifs is 1. The molecule has 0 radical (unpaired) electrons. The summed E-state index contributed by atoms with van der Waals surface area (Å²) in [6, 6.07) is 9.23. The average molecular weight is 554 g/mol. The Morgan fingerprint density at radius 2 is 1.92 bits per heavy atom. The van der Waals surface area contributed by atoms with Crippen molar-refractivity contribution >= 4 is 29.5 Å². The summed E-state index contributed by atoms with van der Waals surface area (Å²) in [5.41, 5.74) is 1.03. The van der Waals surface area contributed by atoms with Gasteiger partial charge in [0.2, 0.25) is 17.7 Å². The zero-order valence-electron chi connectivity index (χ0n) is 23.3. The summed E-state index contributed by atoms with van der Waals surface area (Å²) in [5, 5.41) is 9.62. The van der Waals surface area contributed by atoms with Crippen molar-refractivity contribution in [3.63, 3.8) is 0 Å². The first-order chi connectivity index (χ1) is 18.8. The van der Waals surface area contributed by atoms with Crippen LogP contribution in [0.3, 0.4) is 0 Å². The Hall–Kier alpha value is -2.58. The monoisotopic (exact) mass is 553 g/mol. The number of nitrogens with zero attached hydrogens (tertiary/aromatic N) is 3. The first kappa shape index (κ1) is 29.4. The number of amides is 3. The topological polar surface area (TPSA) is 81.2 Å². The van der Waals surface area contributed by atoms with Crippen molar-refractivity contribution in [2.24, 2.45) is 11.8 Å². The van der Waals surface area contributed by atoms with Crippen molar-refractivity contribution < 1.29 is 19.5 Å². The molecule has 1 aromatic carbocycles. The Balaban J connectivity index is 1.69. The summed E-state index contributed by atoms with van der Waals surface area (Å²) < 4.78 is -0.632. The molecule has 3 aliphatic rings. The predicted octanol–water partition coefficient (Wildman–Crippen LogP) is 3.88. The van der Waals surface area contributed by atoms with Crippen molar-refractivity contribution in [2.45, 2.75) is 74.6 Å². The number of carbonyl (C=O) groups is 3. The maximum Gasteiger partial charge on any atom is 0.247 e. The van der Waals surface area contributed by atoms with Gasteiger partial charge < -0.3 is 19.8 Å². The fourth-order valence-electron chi connectivity index (χ4n) is 6.96. The summed E-state index contributed by atoms with van der Waals surface area (Å²) >= 11 is 1.69. The van der Waals surface area contributed by atoms with Gasteiger partial charge in [0.1, 0.15) is 6.04 Å². The van der Waals surface area contributed by atoms with Crippen LogP contribution >= 0.6 is 11.8 Å². The quantitative estimate of drug-likeness (QED) is 0.354. The molecule has 2 bridgehead atoms. The van der Waals surface area contributed by atoms with Gasteiger partial charge in [0, 0.05) is 44.1 Å². The zero-order valence-corrected chi connectivity index (χ0v) is 24.2. The summed E-state index contributed by atoms with van der Waals surface area (Å²) in [7, 11) is 0. The second kappa shape index (κ2) is 12.7. The van der Waals surface area contributed by atoms with Crippen molar-refractivity contribution in [1.82, 2.24) is 14.7 Å². The van der Waals surface area contributed by atoms with Gasteiger partial charge in [-0.1, -0.05) is 55.8 Å². The van der Waals surface area contributed by atoms with Crippen molar-refractivity contribution in [3.05, 3.63) is 61.2 Å². The minimum absolute atomic E-state index is 0.00532. The molecule has 0 aromatic heterocycles. The van der Waals surface area contributed by atoms with Gasteiger partial charge in [0.25, 0.3) is 0 Å². The number of likely N-dealkylation sites (tertiary alicyclic amines) is 1. The summed E-state index contributed by atoms with van der Waals surface area (Å²) in [5.74, 6) is -1.23. The third-order valence-electron chi connectivity index (χ3n) is 8.60. The van der Waals surface area contributed by atoms with Crippen LogP contribution in [0.4, 0.5) is 0 Å². The van der Waals surface area contributed by atoms with E-state index in [1.165, 1.54) is 0 Å². The molecule has 0 saturated carbocycles. The normalized spacial score (nSPS) is 27.8. The van der Waals surface area contributed by atoms with Crippen LogP contribution in [-0.4, -0.2) is 85.8 Å². The first-order valence-corrected chi connectivity index (χ1v) is 15.2. The van der Waals surface area contributed by atoms with Crippen molar-refractivity contribution in [2.75, 3.05) is 26.2 Å². The van der Waals surface area contributed by atoms with E-state index < -0.39 is 22.6 Å². The molecule has 3 aliphatic heterocycles. The molecule has 3 heterocycles. The van der Waals surface area contributed by atoms with E-state index in [1.54, 1.807) is 33.7 Å². The summed E-state index contributed by atoms with van der Waals surface area (Å²) in [6.07, 6.45) is 7.22. The van der Waals surface area contributed by atoms with Crippen molar-refractivity contribution in [1.29, 1.82) is 0 Å². The number of thioether (sulfide) groups is 1. The zero-order chi connectivity index (χ0) is 28.2. The maximum atomic E-state index is 14.3. The SMILES string of the molecule is C=CCN(Cc1ccccc1)C(=O)[C@@H]1[C@@H]2CCC3(S2)C(C(=O)N(CC=C)C(C)CCC)N(CCCO)C(=O)[C@H]13. The molecule has 39 heavy (non-hydrogen) atoms. The van der Waals surface area contributed by atoms with Crippen LogP contribution in [0.25, 0.3) is 0 Å². The highest BCUT2D eigenvalue weighted by Gasteiger charge is 2.74. The van der Waals surface area contributed by atoms with Gasteiger partial charge in [-0.3, -0.25) is 14.4 Å². The largest absolute Gasteiger partial charge is 0.396 e. The molecule has 3 amide bonds. The first-order valence-electron chi connectivity index (χ1n) is 14.3. The molecule has 1 N–H and O–H groups in total. The molecule has 3 unspecified atom stereocenters. The fraction of sp³-hybridized carbons (Fsp3) is 0.581. The lowest BCUT2D eigenvalue weighted by Crippen LogP contribution is -2.56. The molecule has 6 atom stereocenters. The van der Waals surface area contributed by atoms with E-state index in [4.69, 9.17) is 0 Å². The number of rotatable bonds is 14. The minimum Gasteiger partial charge on any atom is -0.396 e. The fourth-order valence-corrected chi connectivity index (χ4v) is 9.16. The number of hydrogen-bond donors (Lipinski definition) is 1. The maximum absolute atomic E-state index is 14.3. The Labute approximate surface area is 237 Å². The van der Waals surface area contributed by atoms with Crippen LogP contribution in [0, 0.1) is 11.8 Å². The van der Waals surface area contributed by atoms with Crippen LogP contribution < -0.4 is 0 Å². The van der Waals surface area contributed by atoms with Crippen LogP contribution in [0.5, 0.6) is 0 Å². The van der Waals surface area contributed by atoms with E-state index in [0.29, 0.717) is 32.6 Å². The molecule has 3 fully saturated rings. The molecule has 212 valence electrons. The molecule has 3 saturated heterocycles. The average Bonchev–Trinajstić information content (AvgIpc) is 3.57. The van der Waals surface area contributed by atoms with Crippen LogP contribution in [0.1, 0.15) is 51.5 Å². The Morgan fingerprint density at radius 1 is 1.21 bits per heavy atom. The molecule has 1 spiro atoms. The lowest BCUT2D eigenvalue weighted by atomic mass is 9.70. The second-order valence-electron chi connectivity index (χ2n) is 11.1. The molecular weight excluding hydrogens is 510 g/mol. The Kier molecular flexibility index (Phi) is 9.60. The van der Waals surface area contributed by atoms with E-state index in [0.717, 1.165) is 31.2 Å². The third-order valence-corrected chi connectivity index (χ3v) is 10.6. The molecular formula is C31H43N3O4S. The molecule has 4 rings (SSSR count). The molecule has 7 nitrogen and oxygen atoms in total. The molecule has 1 aromatic rings. The molecule has 0 aliphatic carbocycles. The predicted molar refractivity (Wildman–Crippen MR) is 156 cm³/mol. The highest BCUT2D eigenvalue weighted by atomic mass is 32.2. The number of aliphatic hydroxyl groups is 1. The highest BCUT2D eigenvalue weighted by Crippen LogP contribution is 2.66. The van der Waals surface area contributed by atoms with Crippen LogP contribution in [0.2, 0.25) is 0 Å². The highest BCUT2D eigenvalue weighted by molar-refractivity contribution is 8.02. The second-order valence-corrected chi connectivity index (χ2v) is 12.7. The third kappa shape index (κ3) is 5.42. The minimum atomic E-state index is -0.643. The summed E-state index contributed by atoms with van der Waals surface area (Å²) in [6.45, 7) is 13.4. The van der Waals surface area contributed by atoms with E-state index >= 15 is 0 Å². The van der Waals surface area contributed by atoms with E-state index in [2.05, 4.69) is 27.0 Å². The van der Waals surface area contributed by atoms with Gasteiger partial charge >= 0.3 is 0 Å². The Bertz CT molecular complexity index is 1070. The van der Waals surface area contributed by atoms with Gasteiger partial charge in [-0.25, -0.2) is 0 Å². The molecule has 8 heteroatoms.